The van der Waals surface area contributed by atoms with Crippen molar-refractivity contribution in [1.29, 1.82) is 0 Å². The smallest absolute Gasteiger partial charge is 0.257 e. The third-order valence-electron chi connectivity index (χ3n) is 5.25. The van der Waals surface area contributed by atoms with E-state index in [0.717, 1.165) is 31.8 Å². The molecular weight excluding hydrogens is 267 g/mol. The van der Waals surface area contributed by atoms with E-state index < -0.39 is 5.82 Å². The van der Waals surface area contributed by atoms with Crippen LogP contribution in [0.2, 0.25) is 0 Å². The van der Waals surface area contributed by atoms with Crippen LogP contribution < -0.4 is 0 Å². The summed E-state index contributed by atoms with van der Waals surface area (Å²) in [4.78, 5) is 17.1. The predicted octanol–water partition coefficient (Wildman–Crippen LogP) is 2.52. The monoisotopic (exact) mass is 288 g/mol. The first-order chi connectivity index (χ1) is 10.2. The zero-order valence-electron chi connectivity index (χ0n) is 12.2. The summed E-state index contributed by atoms with van der Waals surface area (Å²) in [7, 11) is 0. The first kappa shape index (κ1) is 13.3. The molecule has 1 saturated carbocycles. The summed E-state index contributed by atoms with van der Waals surface area (Å²) >= 11 is 0. The van der Waals surface area contributed by atoms with Crippen LogP contribution in [0.5, 0.6) is 0 Å². The number of hydrogen-bond donors (Lipinski definition) is 0. The molecule has 1 aliphatic carbocycles. The van der Waals surface area contributed by atoms with Gasteiger partial charge in [-0.3, -0.25) is 9.69 Å². The van der Waals surface area contributed by atoms with Gasteiger partial charge in [-0.15, -0.1) is 0 Å². The third-order valence-corrected chi connectivity index (χ3v) is 5.25. The van der Waals surface area contributed by atoms with Crippen molar-refractivity contribution in [2.75, 3.05) is 19.6 Å². The summed E-state index contributed by atoms with van der Waals surface area (Å²) in [5.41, 5.74) is 0.221. The molecule has 2 atom stereocenters. The van der Waals surface area contributed by atoms with E-state index in [2.05, 4.69) is 4.90 Å². The number of hydrogen-bond acceptors (Lipinski definition) is 2. The van der Waals surface area contributed by atoms with Gasteiger partial charge < -0.3 is 4.90 Å². The molecule has 3 fully saturated rings. The summed E-state index contributed by atoms with van der Waals surface area (Å²) in [5.74, 6) is 0.354. The predicted molar refractivity (Wildman–Crippen MR) is 78.5 cm³/mol. The lowest BCUT2D eigenvalue weighted by Crippen LogP contribution is -2.40. The minimum absolute atomic E-state index is 0.131. The molecule has 21 heavy (non-hydrogen) atoms. The number of nitrogens with zero attached hydrogens (tertiary/aromatic N) is 2. The Morgan fingerprint density at radius 2 is 1.86 bits per heavy atom. The Morgan fingerprint density at radius 1 is 1.10 bits per heavy atom. The molecular formula is C17H21FN2O. The zero-order chi connectivity index (χ0) is 14.4. The molecule has 2 heterocycles. The second-order valence-electron chi connectivity index (χ2n) is 6.63. The lowest BCUT2D eigenvalue weighted by Gasteiger charge is -2.25. The van der Waals surface area contributed by atoms with E-state index >= 15 is 0 Å². The van der Waals surface area contributed by atoms with Gasteiger partial charge in [0.2, 0.25) is 0 Å². The van der Waals surface area contributed by atoms with Crippen LogP contribution in [-0.2, 0) is 0 Å². The van der Waals surface area contributed by atoms with Gasteiger partial charge in [0.1, 0.15) is 5.82 Å². The average molecular weight is 288 g/mol. The fourth-order valence-electron chi connectivity index (χ4n) is 3.98. The Balaban J connectivity index is 1.50. The third kappa shape index (κ3) is 2.35. The first-order valence-electron chi connectivity index (χ1n) is 8.03. The van der Waals surface area contributed by atoms with Crippen molar-refractivity contribution in [2.45, 2.75) is 37.8 Å². The number of carbonyl (C=O) groups is 1. The Kier molecular flexibility index (Phi) is 3.21. The number of carbonyl (C=O) groups excluding carboxylic acids is 1. The van der Waals surface area contributed by atoms with Gasteiger partial charge in [0.05, 0.1) is 5.56 Å². The van der Waals surface area contributed by atoms with Crippen molar-refractivity contribution in [3.63, 3.8) is 0 Å². The van der Waals surface area contributed by atoms with Crippen LogP contribution in [0.25, 0.3) is 0 Å². The van der Waals surface area contributed by atoms with Crippen LogP contribution >= 0.6 is 0 Å². The number of benzene rings is 1. The van der Waals surface area contributed by atoms with Crippen LogP contribution in [0.3, 0.4) is 0 Å². The van der Waals surface area contributed by atoms with Gasteiger partial charge >= 0.3 is 0 Å². The number of amides is 1. The van der Waals surface area contributed by atoms with Gasteiger partial charge in [0, 0.05) is 31.7 Å². The first-order valence-corrected chi connectivity index (χ1v) is 8.03. The van der Waals surface area contributed by atoms with E-state index in [9.17, 15) is 9.18 Å². The number of halogens is 1. The maximum Gasteiger partial charge on any atom is 0.257 e. The highest BCUT2D eigenvalue weighted by atomic mass is 19.1. The van der Waals surface area contributed by atoms with Crippen molar-refractivity contribution in [3.05, 3.63) is 35.6 Å². The minimum atomic E-state index is -0.404. The molecule has 112 valence electrons. The standard InChI is InChI=1S/C17H21FN2O/c18-14-4-2-1-3-13(14)17(21)20-10-8-15-16(20)7-9-19(15)11-12-5-6-12/h1-4,12,15-16H,5-11H2/t15-,16+/m1/s1. The molecule has 4 rings (SSSR count). The van der Waals surface area contributed by atoms with Crippen molar-refractivity contribution < 1.29 is 9.18 Å². The van der Waals surface area contributed by atoms with E-state index in [-0.39, 0.29) is 17.5 Å². The molecule has 1 aromatic rings. The van der Waals surface area contributed by atoms with E-state index in [1.165, 1.54) is 25.5 Å². The van der Waals surface area contributed by atoms with Crippen LogP contribution in [0.1, 0.15) is 36.0 Å². The quantitative estimate of drug-likeness (QED) is 0.853. The zero-order valence-corrected chi connectivity index (χ0v) is 12.2. The Hall–Kier alpha value is -1.42. The highest BCUT2D eigenvalue weighted by Gasteiger charge is 2.45. The fourth-order valence-corrected chi connectivity index (χ4v) is 3.98. The van der Waals surface area contributed by atoms with Crippen molar-refractivity contribution in [2.24, 2.45) is 5.92 Å². The van der Waals surface area contributed by atoms with Crippen molar-refractivity contribution in [3.8, 4) is 0 Å². The molecule has 0 N–H and O–H groups in total. The van der Waals surface area contributed by atoms with Gasteiger partial charge in [-0.1, -0.05) is 12.1 Å². The molecule has 1 amide bonds. The van der Waals surface area contributed by atoms with Gasteiger partial charge in [-0.2, -0.15) is 0 Å². The van der Waals surface area contributed by atoms with Gasteiger partial charge in [-0.05, 0) is 43.7 Å². The number of rotatable bonds is 3. The van der Waals surface area contributed by atoms with Crippen LogP contribution in [0.4, 0.5) is 4.39 Å². The molecule has 0 unspecified atom stereocenters. The second-order valence-corrected chi connectivity index (χ2v) is 6.63. The van der Waals surface area contributed by atoms with E-state index in [1.807, 2.05) is 4.90 Å². The molecule has 0 spiro atoms. The normalized spacial score (nSPS) is 28.9. The molecule has 2 saturated heterocycles. The molecule has 1 aromatic carbocycles. The van der Waals surface area contributed by atoms with Crippen molar-refractivity contribution >= 4 is 5.91 Å². The van der Waals surface area contributed by atoms with Crippen LogP contribution in [0.15, 0.2) is 24.3 Å². The lowest BCUT2D eigenvalue weighted by atomic mass is 10.1. The highest BCUT2D eigenvalue weighted by Crippen LogP contribution is 2.37. The molecule has 0 bridgehead atoms. The molecule has 3 aliphatic rings. The topological polar surface area (TPSA) is 23.6 Å². The molecule has 3 nitrogen and oxygen atoms in total. The highest BCUT2D eigenvalue weighted by molar-refractivity contribution is 5.95. The second kappa shape index (κ2) is 5.09. The number of likely N-dealkylation sites (tertiary alicyclic amines) is 2. The maximum absolute atomic E-state index is 13.8. The summed E-state index contributed by atoms with van der Waals surface area (Å²) in [6, 6.07) is 7.12. The van der Waals surface area contributed by atoms with E-state index in [1.54, 1.807) is 18.2 Å². The lowest BCUT2D eigenvalue weighted by molar-refractivity contribution is 0.0727. The minimum Gasteiger partial charge on any atom is -0.334 e. The summed E-state index contributed by atoms with van der Waals surface area (Å²) in [6.45, 7) is 3.06. The number of fused-ring (bicyclic) bond motifs is 1. The van der Waals surface area contributed by atoms with E-state index in [4.69, 9.17) is 0 Å². The Labute approximate surface area is 124 Å². The van der Waals surface area contributed by atoms with Crippen LogP contribution in [0, 0.1) is 11.7 Å². The SMILES string of the molecule is O=C(c1ccccc1F)N1CC[C@@H]2[C@@H]1CCN2CC1CC1. The Bertz CT molecular complexity index is 557. The van der Waals surface area contributed by atoms with Crippen molar-refractivity contribution in [1.82, 2.24) is 9.80 Å². The molecule has 0 aromatic heterocycles. The summed E-state index contributed by atoms with van der Waals surface area (Å²) < 4.78 is 13.8. The summed E-state index contributed by atoms with van der Waals surface area (Å²) in [5, 5.41) is 0. The molecule has 0 radical (unpaired) electrons. The average Bonchev–Trinajstić information content (AvgIpc) is 3.06. The van der Waals surface area contributed by atoms with Crippen LogP contribution in [-0.4, -0.2) is 47.4 Å². The molecule has 2 aliphatic heterocycles. The fraction of sp³-hybridized carbons (Fsp3) is 0.588. The molecule has 4 heteroatoms. The van der Waals surface area contributed by atoms with Gasteiger partial charge in [-0.25, -0.2) is 4.39 Å². The van der Waals surface area contributed by atoms with Gasteiger partial charge in [0.25, 0.3) is 5.91 Å². The summed E-state index contributed by atoms with van der Waals surface area (Å²) in [6.07, 6.45) is 4.81. The Morgan fingerprint density at radius 3 is 2.62 bits per heavy atom. The maximum atomic E-state index is 13.8. The van der Waals surface area contributed by atoms with Gasteiger partial charge in [0.15, 0.2) is 0 Å². The van der Waals surface area contributed by atoms with E-state index in [0.29, 0.717) is 6.04 Å². The largest absolute Gasteiger partial charge is 0.334 e.